The molecular formula is C22H30N6O2. The smallest absolute Gasteiger partial charge is 0.225 e. The van der Waals surface area contributed by atoms with Crippen LogP contribution >= 0.6 is 0 Å². The van der Waals surface area contributed by atoms with Gasteiger partial charge in [-0.2, -0.15) is 10.1 Å². The van der Waals surface area contributed by atoms with Crippen LogP contribution in [0.25, 0.3) is 0 Å². The van der Waals surface area contributed by atoms with E-state index in [1.54, 1.807) is 0 Å². The number of aryl methyl sites for hydroxylation is 1. The van der Waals surface area contributed by atoms with Crippen LogP contribution in [0, 0.1) is 24.7 Å². The van der Waals surface area contributed by atoms with E-state index < -0.39 is 5.60 Å². The summed E-state index contributed by atoms with van der Waals surface area (Å²) >= 11 is 0. The van der Waals surface area contributed by atoms with Crippen LogP contribution in [-0.4, -0.2) is 43.5 Å². The molecule has 8 nitrogen and oxygen atoms in total. The lowest BCUT2D eigenvalue weighted by Gasteiger charge is -2.58. The average molecular weight is 411 g/mol. The molecule has 3 atom stereocenters. The number of nitrogens with one attached hydrogen (secondary N) is 3. The van der Waals surface area contributed by atoms with Crippen molar-refractivity contribution >= 4 is 17.6 Å². The molecule has 2 aromatic heterocycles. The summed E-state index contributed by atoms with van der Waals surface area (Å²) in [7, 11) is 0. The van der Waals surface area contributed by atoms with Gasteiger partial charge in [-0.25, -0.2) is 4.98 Å². The summed E-state index contributed by atoms with van der Waals surface area (Å²) in [6.07, 6.45) is 7.29. The highest BCUT2D eigenvalue weighted by Gasteiger charge is 2.54. The Bertz CT molecular complexity index is 923. The van der Waals surface area contributed by atoms with Gasteiger partial charge in [0.25, 0.3) is 0 Å². The van der Waals surface area contributed by atoms with Crippen molar-refractivity contribution in [3.63, 3.8) is 0 Å². The summed E-state index contributed by atoms with van der Waals surface area (Å²) in [5.41, 5.74) is 1.48. The van der Waals surface area contributed by atoms with Crippen molar-refractivity contribution in [2.45, 2.75) is 69.6 Å². The zero-order valence-corrected chi connectivity index (χ0v) is 17.4. The van der Waals surface area contributed by atoms with Gasteiger partial charge in [-0.15, -0.1) is 0 Å². The number of H-pyrrole nitrogens is 1. The summed E-state index contributed by atoms with van der Waals surface area (Å²) in [4.78, 5) is 9.63. The molecule has 4 saturated carbocycles. The van der Waals surface area contributed by atoms with Gasteiger partial charge in [0, 0.05) is 30.5 Å². The first-order valence-corrected chi connectivity index (χ1v) is 11.3. The molecule has 4 bridgehead atoms. The molecule has 0 radical (unpaired) electrons. The maximum Gasteiger partial charge on any atom is 0.225 e. The van der Waals surface area contributed by atoms with Gasteiger partial charge in [-0.3, -0.25) is 5.10 Å². The fourth-order valence-corrected chi connectivity index (χ4v) is 6.55. The summed E-state index contributed by atoms with van der Waals surface area (Å²) in [6.45, 7) is 2.76. The number of aromatic amines is 1. The summed E-state index contributed by atoms with van der Waals surface area (Å²) < 4.78 is 5.90. The minimum Gasteiger partial charge on any atom is -0.390 e. The van der Waals surface area contributed by atoms with Gasteiger partial charge in [0.05, 0.1) is 17.4 Å². The second-order valence-electron chi connectivity index (χ2n) is 9.93. The van der Waals surface area contributed by atoms with Crippen LogP contribution in [0.2, 0.25) is 0 Å². The predicted octanol–water partition coefficient (Wildman–Crippen LogP) is 3.45. The molecule has 5 fully saturated rings. The average Bonchev–Trinajstić information content (AvgIpc) is 3.35. The number of hydrogen-bond donors (Lipinski definition) is 4. The molecular weight excluding hydrogens is 380 g/mol. The highest BCUT2D eigenvalue weighted by Crippen LogP contribution is 2.56. The van der Waals surface area contributed by atoms with Crippen molar-refractivity contribution in [3.8, 4) is 0 Å². The summed E-state index contributed by atoms with van der Waals surface area (Å²) in [6, 6.07) is 4.27. The van der Waals surface area contributed by atoms with Gasteiger partial charge in [0.2, 0.25) is 5.95 Å². The van der Waals surface area contributed by atoms with Crippen LogP contribution < -0.4 is 10.6 Å². The van der Waals surface area contributed by atoms with E-state index in [2.05, 4.69) is 20.8 Å². The normalized spacial score (nSPS) is 36.9. The maximum atomic E-state index is 10.9. The number of hydrogen-bond acceptors (Lipinski definition) is 7. The number of rotatable bonds is 5. The first-order valence-electron chi connectivity index (χ1n) is 11.3. The van der Waals surface area contributed by atoms with Crippen LogP contribution in [-0.2, 0) is 4.74 Å². The molecule has 7 rings (SSSR count). The van der Waals surface area contributed by atoms with Crippen LogP contribution in [0.3, 0.4) is 0 Å². The molecule has 3 heterocycles. The minimum atomic E-state index is -0.431. The molecule has 3 unspecified atom stereocenters. The molecule has 5 aliphatic rings. The lowest BCUT2D eigenvalue weighted by molar-refractivity contribution is -0.129. The molecule has 30 heavy (non-hydrogen) atoms. The van der Waals surface area contributed by atoms with Crippen LogP contribution in [0.1, 0.15) is 62.4 Å². The Hall–Kier alpha value is -2.19. The van der Waals surface area contributed by atoms with Crippen molar-refractivity contribution < 1.29 is 9.84 Å². The lowest BCUT2D eigenvalue weighted by atomic mass is 9.52. The third-order valence-electron chi connectivity index (χ3n) is 7.50. The van der Waals surface area contributed by atoms with Gasteiger partial charge in [-0.05, 0) is 69.6 Å². The second-order valence-corrected chi connectivity index (χ2v) is 9.93. The van der Waals surface area contributed by atoms with E-state index in [9.17, 15) is 5.11 Å². The van der Waals surface area contributed by atoms with Gasteiger partial charge in [0.15, 0.2) is 5.82 Å². The Morgan fingerprint density at radius 1 is 1.13 bits per heavy atom. The van der Waals surface area contributed by atoms with E-state index >= 15 is 0 Å². The largest absolute Gasteiger partial charge is 0.390 e. The molecule has 4 aliphatic carbocycles. The molecule has 0 spiro atoms. The van der Waals surface area contributed by atoms with E-state index in [0.717, 1.165) is 61.7 Å². The monoisotopic (exact) mass is 410 g/mol. The Kier molecular flexibility index (Phi) is 4.28. The first-order chi connectivity index (χ1) is 14.5. The Morgan fingerprint density at radius 2 is 1.97 bits per heavy atom. The molecule has 0 amide bonds. The van der Waals surface area contributed by atoms with Gasteiger partial charge >= 0.3 is 0 Å². The molecule has 0 aromatic carbocycles. The van der Waals surface area contributed by atoms with Crippen molar-refractivity contribution in [2.24, 2.45) is 17.8 Å². The van der Waals surface area contributed by atoms with E-state index in [1.807, 2.05) is 19.1 Å². The fourth-order valence-electron chi connectivity index (χ4n) is 6.55. The van der Waals surface area contributed by atoms with Crippen molar-refractivity contribution in [2.75, 3.05) is 17.2 Å². The molecule has 1 aliphatic heterocycles. The lowest BCUT2D eigenvalue weighted by Crippen LogP contribution is -2.59. The molecule has 4 N–H and O–H groups in total. The third-order valence-corrected chi connectivity index (χ3v) is 7.50. The van der Waals surface area contributed by atoms with E-state index in [-0.39, 0.29) is 6.10 Å². The molecule has 1 saturated heterocycles. The first kappa shape index (κ1) is 18.6. The number of aliphatic hydroxyl groups is 1. The quantitative estimate of drug-likeness (QED) is 0.598. The number of anilines is 3. The molecule has 8 heteroatoms. The second kappa shape index (κ2) is 6.92. The summed E-state index contributed by atoms with van der Waals surface area (Å²) in [5, 5.41) is 25.1. The van der Waals surface area contributed by atoms with E-state index in [4.69, 9.17) is 14.7 Å². The SMILES string of the molecule is Cc1cc(Nc2cc(C3CCCO3)nc(NC3C4CC5CC3CC(O)(C5)C4)n2)n[nH]1. The van der Waals surface area contributed by atoms with Crippen LogP contribution in [0.4, 0.5) is 17.6 Å². The topological polar surface area (TPSA) is 108 Å². The number of ether oxygens (including phenoxy) is 1. The van der Waals surface area contributed by atoms with Gasteiger partial charge < -0.3 is 20.5 Å². The highest BCUT2D eigenvalue weighted by atomic mass is 16.5. The van der Waals surface area contributed by atoms with Crippen molar-refractivity contribution in [1.82, 2.24) is 20.2 Å². The Morgan fingerprint density at radius 3 is 2.63 bits per heavy atom. The Balaban J connectivity index is 1.28. The standard InChI is InChI=1S/C22H30N6O2/c1-12-5-19(28-27-12)24-18-8-16(17-3-2-4-30-17)23-21(25-18)26-20-14-6-13-7-15(20)11-22(29,9-13)10-14/h5,8,13-15,17,20,29H,2-4,6-7,9-11H2,1H3,(H3,23,24,25,26,27,28). The highest BCUT2D eigenvalue weighted by molar-refractivity contribution is 5.54. The van der Waals surface area contributed by atoms with E-state index in [0.29, 0.717) is 29.7 Å². The summed E-state index contributed by atoms with van der Waals surface area (Å²) in [5.74, 6) is 3.81. The molecule has 2 aromatic rings. The van der Waals surface area contributed by atoms with Crippen molar-refractivity contribution in [1.29, 1.82) is 0 Å². The maximum absolute atomic E-state index is 10.9. The number of aromatic nitrogens is 4. The third kappa shape index (κ3) is 3.36. The number of nitrogens with zero attached hydrogens (tertiary/aromatic N) is 3. The zero-order valence-electron chi connectivity index (χ0n) is 17.4. The van der Waals surface area contributed by atoms with Gasteiger partial charge in [-0.1, -0.05) is 0 Å². The fraction of sp³-hybridized carbons (Fsp3) is 0.682. The van der Waals surface area contributed by atoms with Crippen LogP contribution in [0.5, 0.6) is 0 Å². The minimum absolute atomic E-state index is 0.0224. The van der Waals surface area contributed by atoms with Gasteiger partial charge in [0.1, 0.15) is 5.82 Å². The van der Waals surface area contributed by atoms with E-state index in [1.165, 1.54) is 12.8 Å². The Labute approximate surface area is 176 Å². The van der Waals surface area contributed by atoms with Crippen LogP contribution in [0.15, 0.2) is 12.1 Å². The predicted molar refractivity (Wildman–Crippen MR) is 112 cm³/mol. The zero-order chi connectivity index (χ0) is 20.3. The molecule has 160 valence electrons. The van der Waals surface area contributed by atoms with Crippen molar-refractivity contribution in [3.05, 3.63) is 23.5 Å².